The highest BCUT2D eigenvalue weighted by molar-refractivity contribution is 7.18. The van der Waals surface area contributed by atoms with E-state index in [0.717, 1.165) is 16.1 Å². The van der Waals surface area contributed by atoms with Crippen LogP contribution in [0.25, 0.3) is 10.2 Å². The zero-order valence-corrected chi connectivity index (χ0v) is 16.9. The van der Waals surface area contributed by atoms with Crippen molar-refractivity contribution >= 4 is 50.7 Å². The number of hydrogen-bond acceptors (Lipinski definition) is 4. The lowest BCUT2D eigenvalue weighted by Gasteiger charge is -2.21. The summed E-state index contributed by atoms with van der Waals surface area (Å²) >= 11 is 13.6. The molecule has 0 unspecified atom stereocenters. The average Bonchev–Trinajstić information content (AvgIpc) is 3.00. The highest BCUT2D eigenvalue weighted by Crippen LogP contribution is 2.24. The van der Waals surface area contributed by atoms with Crippen molar-refractivity contribution in [2.45, 2.75) is 13.1 Å². The highest BCUT2D eigenvalue weighted by atomic mass is 35.5. The van der Waals surface area contributed by atoms with E-state index in [0.29, 0.717) is 29.7 Å². The Kier molecular flexibility index (Phi) is 6.14. The lowest BCUT2D eigenvalue weighted by molar-refractivity contribution is -0.131. The summed E-state index contributed by atoms with van der Waals surface area (Å²) in [6, 6.07) is 13.5. The van der Waals surface area contributed by atoms with Crippen molar-refractivity contribution < 1.29 is 4.79 Å². The predicted molar refractivity (Wildman–Crippen MR) is 109 cm³/mol. The number of aromatic nitrogens is 1. The zero-order valence-electron chi connectivity index (χ0n) is 14.6. The molecule has 0 radical (unpaired) electrons. The first-order chi connectivity index (χ1) is 12.4. The smallest absolute Gasteiger partial charge is 0.236 e. The van der Waals surface area contributed by atoms with Crippen LogP contribution in [0.15, 0.2) is 42.5 Å². The maximum Gasteiger partial charge on any atom is 0.236 e. The Balaban J connectivity index is 1.56. The molecule has 0 aliphatic carbocycles. The standard InChI is InChI=1S/C19H19Cl2N3OS/c1-23(11-18-22-16-5-3-4-6-17(16)26-18)12-19(25)24(2)10-13-7-8-14(20)15(21)9-13/h3-9H,10-12H2,1-2H3. The van der Waals surface area contributed by atoms with Crippen LogP contribution in [-0.4, -0.2) is 41.3 Å². The van der Waals surface area contributed by atoms with Gasteiger partial charge >= 0.3 is 0 Å². The predicted octanol–water partition coefficient (Wildman–Crippen LogP) is 4.69. The monoisotopic (exact) mass is 407 g/mol. The molecule has 1 heterocycles. The van der Waals surface area contributed by atoms with Crippen molar-refractivity contribution in [1.29, 1.82) is 0 Å². The molecule has 1 aromatic heterocycles. The molecule has 0 N–H and O–H groups in total. The van der Waals surface area contributed by atoms with Crippen molar-refractivity contribution in [1.82, 2.24) is 14.8 Å². The second-order valence-electron chi connectivity index (χ2n) is 6.25. The first kappa shape index (κ1) is 19.1. The van der Waals surface area contributed by atoms with Crippen molar-refractivity contribution in [2.24, 2.45) is 0 Å². The Bertz CT molecular complexity index is 895. The fourth-order valence-electron chi connectivity index (χ4n) is 2.63. The Morgan fingerprint density at radius 2 is 1.85 bits per heavy atom. The Labute approximate surface area is 167 Å². The summed E-state index contributed by atoms with van der Waals surface area (Å²) in [5.41, 5.74) is 1.95. The van der Waals surface area contributed by atoms with Gasteiger partial charge in [-0.1, -0.05) is 41.4 Å². The van der Waals surface area contributed by atoms with Crippen molar-refractivity contribution in [3.05, 3.63) is 63.1 Å². The van der Waals surface area contributed by atoms with Crippen LogP contribution in [0.5, 0.6) is 0 Å². The number of hydrogen-bond donors (Lipinski definition) is 0. The van der Waals surface area contributed by atoms with E-state index >= 15 is 0 Å². The second kappa shape index (κ2) is 8.35. The third-order valence-corrected chi connectivity index (χ3v) is 5.74. The van der Waals surface area contributed by atoms with Gasteiger partial charge in [0.1, 0.15) is 5.01 Å². The molecule has 7 heteroatoms. The van der Waals surface area contributed by atoms with Gasteiger partial charge in [0.2, 0.25) is 5.91 Å². The molecule has 0 spiro atoms. The molecule has 136 valence electrons. The van der Waals surface area contributed by atoms with Crippen LogP contribution in [0.4, 0.5) is 0 Å². The van der Waals surface area contributed by atoms with E-state index in [-0.39, 0.29) is 5.91 Å². The average molecular weight is 408 g/mol. The fraction of sp³-hybridized carbons (Fsp3) is 0.263. The molecule has 1 amide bonds. The van der Waals surface area contributed by atoms with E-state index in [9.17, 15) is 4.79 Å². The lowest BCUT2D eigenvalue weighted by Crippen LogP contribution is -2.36. The Morgan fingerprint density at radius 1 is 1.08 bits per heavy atom. The maximum absolute atomic E-state index is 12.5. The van der Waals surface area contributed by atoms with Crippen LogP contribution >= 0.6 is 34.5 Å². The topological polar surface area (TPSA) is 36.4 Å². The minimum absolute atomic E-state index is 0.0414. The van der Waals surface area contributed by atoms with Gasteiger partial charge in [-0.3, -0.25) is 9.69 Å². The van der Waals surface area contributed by atoms with Crippen LogP contribution < -0.4 is 0 Å². The molecule has 0 bridgehead atoms. The number of carbonyl (C=O) groups excluding carboxylic acids is 1. The summed E-state index contributed by atoms with van der Waals surface area (Å²) < 4.78 is 1.17. The van der Waals surface area contributed by atoms with E-state index in [2.05, 4.69) is 11.1 Å². The largest absolute Gasteiger partial charge is 0.340 e. The summed E-state index contributed by atoms with van der Waals surface area (Å²) in [5, 5.41) is 2.02. The van der Waals surface area contributed by atoms with Crippen LogP contribution in [0.3, 0.4) is 0 Å². The Hall–Kier alpha value is -1.66. The SMILES string of the molecule is CN(CC(=O)N(C)Cc1ccc(Cl)c(Cl)c1)Cc1nc2ccccc2s1. The number of benzene rings is 2. The van der Waals surface area contributed by atoms with E-state index in [1.54, 1.807) is 35.4 Å². The molecule has 26 heavy (non-hydrogen) atoms. The number of thiazole rings is 1. The molecule has 0 atom stereocenters. The van der Waals surface area contributed by atoms with Crippen molar-refractivity contribution in [3.8, 4) is 0 Å². The highest BCUT2D eigenvalue weighted by Gasteiger charge is 2.14. The number of likely N-dealkylation sites (N-methyl/N-ethyl adjacent to an activating group) is 2. The minimum atomic E-state index is 0.0414. The molecule has 3 aromatic rings. The molecule has 0 saturated heterocycles. The molecular weight excluding hydrogens is 389 g/mol. The molecule has 0 saturated carbocycles. The van der Waals surface area contributed by atoms with E-state index in [1.807, 2.05) is 36.2 Å². The summed E-state index contributed by atoms with van der Waals surface area (Å²) in [6.07, 6.45) is 0. The summed E-state index contributed by atoms with van der Waals surface area (Å²) in [6.45, 7) is 1.46. The van der Waals surface area contributed by atoms with E-state index < -0.39 is 0 Å². The quantitative estimate of drug-likeness (QED) is 0.594. The van der Waals surface area contributed by atoms with Gasteiger partial charge in [0.25, 0.3) is 0 Å². The number of amides is 1. The third kappa shape index (κ3) is 4.74. The van der Waals surface area contributed by atoms with Crippen LogP contribution in [0.2, 0.25) is 10.0 Å². The van der Waals surface area contributed by atoms with Gasteiger partial charge in [0.15, 0.2) is 0 Å². The number of halogens is 2. The molecule has 0 aliphatic rings. The molecular formula is C19H19Cl2N3OS. The van der Waals surface area contributed by atoms with Gasteiger partial charge in [0, 0.05) is 13.6 Å². The third-order valence-electron chi connectivity index (χ3n) is 3.98. The first-order valence-electron chi connectivity index (χ1n) is 8.13. The molecule has 3 rings (SSSR count). The van der Waals surface area contributed by atoms with Crippen LogP contribution in [-0.2, 0) is 17.9 Å². The van der Waals surface area contributed by atoms with Crippen molar-refractivity contribution in [2.75, 3.05) is 20.6 Å². The minimum Gasteiger partial charge on any atom is -0.340 e. The molecule has 0 aliphatic heterocycles. The second-order valence-corrected chi connectivity index (χ2v) is 8.18. The van der Waals surface area contributed by atoms with Gasteiger partial charge in [-0.25, -0.2) is 4.98 Å². The lowest BCUT2D eigenvalue weighted by atomic mass is 10.2. The van der Waals surface area contributed by atoms with E-state index in [1.165, 1.54) is 4.70 Å². The van der Waals surface area contributed by atoms with Gasteiger partial charge in [-0.2, -0.15) is 0 Å². The zero-order chi connectivity index (χ0) is 18.7. The number of nitrogens with zero attached hydrogens (tertiary/aromatic N) is 3. The molecule has 0 fully saturated rings. The van der Waals surface area contributed by atoms with Gasteiger partial charge in [0.05, 0.1) is 33.4 Å². The number of carbonyl (C=O) groups is 1. The van der Waals surface area contributed by atoms with Crippen LogP contribution in [0.1, 0.15) is 10.6 Å². The number of fused-ring (bicyclic) bond motifs is 1. The fourth-order valence-corrected chi connectivity index (χ4v) is 3.99. The van der Waals surface area contributed by atoms with E-state index in [4.69, 9.17) is 23.2 Å². The van der Waals surface area contributed by atoms with Gasteiger partial charge in [-0.15, -0.1) is 11.3 Å². The normalized spacial score (nSPS) is 11.3. The molecule has 4 nitrogen and oxygen atoms in total. The van der Waals surface area contributed by atoms with Gasteiger partial charge < -0.3 is 4.90 Å². The maximum atomic E-state index is 12.5. The van der Waals surface area contributed by atoms with Gasteiger partial charge in [-0.05, 0) is 36.9 Å². The summed E-state index contributed by atoms with van der Waals surface area (Å²) in [7, 11) is 3.72. The number of rotatable bonds is 6. The number of para-hydroxylation sites is 1. The first-order valence-corrected chi connectivity index (χ1v) is 9.70. The van der Waals surface area contributed by atoms with Crippen molar-refractivity contribution in [3.63, 3.8) is 0 Å². The van der Waals surface area contributed by atoms with Crippen LogP contribution in [0, 0.1) is 0 Å². The summed E-state index contributed by atoms with van der Waals surface area (Å²) in [5.74, 6) is 0.0414. The molecule has 2 aromatic carbocycles. The Morgan fingerprint density at radius 3 is 2.58 bits per heavy atom. The summed E-state index contributed by atoms with van der Waals surface area (Å²) in [4.78, 5) is 20.8.